The first kappa shape index (κ1) is 19.1. The first-order valence-corrected chi connectivity index (χ1v) is 9.87. The molecule has 0 unspecified atom stereocenters. The number of likely N-dealkylation sites (N-methyl/N-ethyl adjacent to an activating group) is 1. The van der Waals surface area contributed by atoms with Crippen LogP contribution in [0.4, 0.5) is 5.82 Å². The Labute approximate surface area is 169 Å². The van der Waals surface area contributed by atoms with Gasteiger partial charge >= 0.3 is 0 Å². The zero-order valence-electron chi connectivity index (χ0n) is 16.6. The number of anilines is 1. The fourth-order valence-electron chi connectivity index (χ4n) is 3.62. The minimum absolute atomic E-state index is 0.0738. The average molecular weight is 391 g/mol. The Kier molecular flexibility index (Phi) is 5.31. The molecule has 2 aromatic carbocycles. The summed E-state index contributed by atoms with van der Waals surface area (Å²) >= 11 is 0. The number of hydrogen-bond acceptors (Lipinski definition) is 6. The molecule has 0 bridgehead atoms. The van der Waals surface area contributed by atoms with Crippen LogP contribution in [0.1, 0.15) is 13.3 Å². The monoisotopic (exact) mass is 391 g/mol. The fourth-order valence-corrected chi connectivity index (χ4v) is 3.62. The highest BCUT2D eigenvalue weighted by molar-refractivity contribution is 5.91. The van der Waals surface area contributed by atoms with Gasteiger partial charge in [-0.3, -0.25) is 4.79 Å². The highest BCUT2D eigenvalue weighted by Gasteiger charge is 2.31. The van der Waals surface area contributed by atoms with Crippen molar-refractivity contribution in [3.8, 4) is 17.1 Å². The molecule has 7 nitrogen and oxygen atoms in total. The average Bonchev–Trinajstić information content (AvgIpc) is 3.21. The third-order valence-electron chi connectivity index (χ3n) is 5.37. The molecule has 2 heterocycles. The van der Waals surface area contributed by atoms with Gasteiger partial charge in [0.2, 0.25) is 5.91 Å². The van der Waals surface area contributed by atoms with Gasteiger partial charge in [-0.05, 0) is 37.6 Å². The van der Waals surface area contributed by atoms with Crippen LogP contribution in [-0.4, -0.2) is 58.1 Å². The third-order valence-corrected chi connectivity index (χ3v) is 5.37. The summed E-state index contributed by atoms with van der Waals surface area (Å²) < 4.78 is 0. The number of carbonyl (C=O) groups is 1. The number of para-hydroxylation sites is 2. The van der Waals surface area contributed by atoms with Crippen LogP contribution in [-0.2, 0) is 4.79 Å². The number of aromatic nitrogens is 2. The van der Waals surface area contributed by atoms with E-state index in [0.29, 0.717) is 36.7 Å². The van der Waals surface area contributed by atoms with Crippen molar-refractivity contribution < 1.29 is 9.90 Å². The first-order chi connectivity index (χ1) is 14.1. The number of carbonyl (C=O) groups excluding carboxylic acids is 1. The van der Waals surface area contributed by atoms with E-state index in [4.69, 9.17) is 4.98 Å². The van der Waals surface area contributed by atoms with Crippen LogP contribution in [0.25, 0.3) is 22.3 Å². The second-order valence-corrected chi connectivity index (χ2v) is 7.32. The van der Waals surface area contributed by atoms with E-state index in [1.54, 1.807) is 23.1 Å². The van der Waals surface area contributed by atoms with E-state index in [1.165, 1.54) is 0 Å². The van der Waals surface area contributed by atoms with Crippen molar-refractivity contribution in [3.05, 3.63) is 48.5 Å². The summed E-state index contributed by atoms with van der Waals surface area (Å²) in [6.07, 6.45) is 0.688. The molecule has 0 radical (unpaired) electrons. The number of phenols is 1. The maximum atomic E-state index is 12.4. The molecule has 1 fully saturated rings. The predicted molar refractivity (Wildman–Crippen MR) is 114 cm³/mol. The molecule has 1 saturated heterocycles. The fraction of sp³-hybridized carbons (Fsp3) is 0.318. The highest BCUT2D eigenvalue weighted by Crippen LogP contribution is 2.30. The van der Waals surface area contributed by atoms with Gasteiger partial charge in [-0.25, -0.2) is 9.97 Å². The quantitative estimate of drug-likeness (QED) is 0.619. The van der Waals surface area contributed by atoms with Crippen molar-refractivity contribution in [2.45, 2.75) is 25.4 Å². The van der Waals surface area contributed by atoms with Crippen LogP contribution in [0.2, 0.25) is 0 Å². The van der Waals surface area contributed by atoms with Gasteiger partial charge in [-0.2, -0.15) is 0 Å². The highest BCUT2D eigenvalue weighted by atomic mass is 16.3. The Morgan fingerprint density at radius 3 is 2.76 bits per heavy atom. The molecule has 29 heavy (non-hydrogen) atoms. The van der Waals surface area contributed by atoms with Gasteiger partial charge in [0.15, 0.2) is 5.82 Å². The van der Waals surface area contributed by atoms with Gasteiger partial charge in [-0.15, -0.1) is 0 Å². The Hall–Kier alpha value is -3.19. The topological polar surface area (TPSA) is 90.4 Å². The zero-order valence-corrected chi connectivity index (χ0v) is 16.6. The molecule has 2 atom stereocenters. The van der Waals surface area contributed by atoms with Gasteiger partial charge in [0.1, 0.15) is 11.6 Å². The van der Waals surface area contributed by atoms with Crippen molar-refractivity contribution in [2.75, 3.05) is 25.5 Å². The molecule has 1 aliphatic heterocycles. The van der Waals surface area contributed by atoms with E-state index in [9.17, 15) is 9.90 Å². The summed E-state index contributed by atoms with van der Waals surface area (Å²) in [7, 11) is 1.82. The Morgan fingerprint density at radius 2 is 1.97 bits per heavy atom. The predicted octanol–water partition coefficient (Wildman–Crippen LogP) is 2.62. The van der Waals surface area contributed by atoms with E-state index in [2.05, 4.69) is 15.6 Å². The first-order valence-electron chi connectivity index (χ1n) is 9.87. The van der Waals surface area contributed by atoms with Crippen LogP contribution in [0.5, 0.6) is 5.75 Å². The molecule has 0 saturated carbocycles. The third kappa shape index (κ3) is 3.86. The van der Waals surface area contributed by atoms with Crippen LogP contribution in [0.15, 0.2) is 48.5 Å². The molecule has 150 valence electrons. The molecule has 7 heteroatoms. The Bertz CT molecular complexity index is 1040. The molecule has 0 spiro atoms. The Balaban J connectivity index is 1.64. The van der Waals surface area contributed by atoms with Gasteiger partial charge < -0.3 is 20.6 Å². The molecule has 1 aromatic heterocycles. The second-order valence-electron chi connectivity index (χ2n) is 7.32. The van der Waals surface area contributed by atoms with Gasteiger partial charge in [-0.1, -0.05) is 24.3 Å². The number of amides is 1. The maximum absolute atomic E-state index is 12.4. The lowest BCUT2D eigenvalue weighted by molar-refractivity contribution is -0.131. The molecular formula is C22H25N5O2. The van der Waals surface area contributed by atoms with E-state index in [-0.39, 0.29) is 23.7 Å². The molecule has 1 amide bonds. The van der Waals surface area contributed by atoms with E-state index < -0.39 is 0 Å². The second kappa shape index (κ2) is 8.05. The number of rotatable bonds is 5. The lowest BCUT2D eigenvalue weighted by Gasteiger charge is -2.19. The summed E-state index contributed by atoms with van der Waals surface area (Å²) in [4.78, 5) is 23.5. The number of hydrogen-bond donors (Lipinski definition) is 3. The number of benzene rings is 2. The molecule has 4 rings (SSSR count). The van der Waals surface area contributed by atoms with Crippen LogP contribution in [0, 0.1) is 0 Å². The lowest BCUT2D eigenvalue weighted by atomic mass is 10.1. The number of fused-ring (bicyclic) bond motifs is 1. The van der Waals surface area contributed by atoms with E-state index in [0.717, 1.165) is 10.9 Å². The number of aromatic hydroxyl groups is 1. The van der Waals surface area contributed by atoms with Crippen LogP contribution >= 0.6 is 0 Å². The smallest absolute Gasteiger partial charge is 0.239 e. The van der Waals surface area contributed by atoms with Crippen molar-refractivity contribution >= 4 is 22.6 Å². The summed E-state index contributed by atoms with van der Waals surface area (Å²) in [6, 6.07) is 14.7. The molecular weight excluding hydrogens is 366 g/mol. The lowest BCUT2D eigenvalue weighted by Crippen LogP contribution is -2.41. The maximum Gasteiger partial charge on any atom is 0.239 e. The van der Waals surface area contributed by atoms with Gasteiger partial charge in [0, 0.05) is 31.6 Å². The molecule has 3 N–H and O–H groups in total. The van der Waals surface area contributed by atoms with Crippen molar-refractivity contribution in [2.24, 2.45) is 0 Å². The van der Waals surface area contributed by atoms with Crippen molar-refractivity contribution in [1.29, 1.82) is 0 Å². The van der Waals surface area contributed by atoms with E-state index in [1.807, 2.05) is 44.3 Å². The van der Waals surface area contributed by atoms with Gasteiger partial charge in [0.25, 0.3) is 0 Å². The normalized spacial score (nSPS) is 18.7. The minimum Gasteiger partial charge on any atom is -0.507 e. The molecule has 3 aromatic rings. The van der Waals surface area contributed by atoms with E-state index >= 15 is 0 Å². The van der Waals surface area contributed by atoms with Crippen molar-refractivity contribution in [1.82, 2.24) is 20.2 Å². The van der Waals surface area contributed by atoms with Gasteiger partial charge in [0.05, 0.1) is 17.1 Å². The number of nitrogens with one attached hydrogen (secondary N) is 2. The molecule has 1 aliphatic rings. The van der Waals surface area contributed by atoms with Crippen molar-refractivity contribution in [3.63, 3.8) is 0 Å². The standard InChI is InChI=1S/C22H25N5O2/c1-3-27(2)22(29)18-12-14(13-23-18)24-20-15-8-4-6-10-17(15)25-21(26-20)16-9-5-7-11-19(16)28/h4-11,14,18,23,28H,3,12-13H2,1-2H3,(H,24,25,26)/t14-,18+/m0/s1. The minimum atomic E-state index is -0.191. The number of phenolic OH excluding ortho intramolecular Hbond substituents is 1. The SMILES string of the molecule is CCN(C)C(=O)[C@H]1C[C@H](Nc2nc(-c3ccccc3O)nc3ccccc23)CN1. The Morgan fingerprint density at radius 1 is 1.21 bits per heavy atom. The summed E-state index contributed by atoms with van der Waals surface area (Å²) in [5, 5.41) is 17.9. The summed E-state index contributed by atoms with van der Waals surface area (Å²) in [6.45, 7) is 3.34. The summed E-state index contributed by atoms with van der Waals surface area (Å²) in [5.74, 6) is 1.43. The number of nitrogens with zero attached hydrogens (tertiary/aromatic N) is 3. The summed E-state index contributed by atoms with van der Waals surface area (Å²) in [5.41, 5.74) is 1.39. The molecule has 0 aliphatic carbocycles. The van der Waals surface area contributed by atoms with Crippen LogP contribution < -0.4 is 10.6 Å². The van der Waals surface area contributed by atoms with Crippen LogP contribution in [0.3, 0.4) is 0 Å². The largest absolute Gasteiger partial charge is 0.507 e. The zero-order chi connectivity index (χ0) is 20.4.